The van der Waals surface area contributed by atoms with Gasteiger partial charge >= 0.3 is 0 Å². The van der Waals surface area contributed by atoms with Crippen LogP contribution in [0.1, 0.15) is 36.0 Å². The van der Waals surface area contributed by atoms with Gasteiger partial charge in [0.05, 0.1) is 0 Å². The minimum atomic E-state index is 0.0658. The third-order valence-corrected chi connectivity index (χ3v) is 4.21. The lowest BCUT2D eigenvalue weighted by Gasteiger charge is -2.36. The predicted molar refractivity (Wildman–Crippen MR) is 83.1 cm³/mol. The first-order valence-corrected chi connectivity index (χ1v) is 7.31. The smallest absolute Gasteiger partial charge is 0.253 e. The summed E-state index contributed by atoms with van der Waals surface area (Å²) in [4.78, 5) is 16.5. The van der Waals surface area contributed by atoms with Gasteiger partial charge in [-0.2, -0.15) is 0 Å². The van der Waals surface area contributed by atoms with Crippen molar-refractivity contribution in [3.05, 3.63) is 29.8 Å². The van der Waals surface area contributed by atoms with Gasteiger partial charge in [0, 0.05) is 44.5 Å². The molecular weight excluding hydrogens is 250 g/mol. The van der Waals surface area contributed by atoms with E-state index in [1.165, 1.54) is 6.42 Å². The third kappa shape index (κ3) is 3.12. The molecule has 0 radical (unpaired) electrons. The molecule has 4 heteroatoms. The van der Waals surface area contributed by atoms with E-state index in [4.69, 9.17) is 5.73 Å². The minimum Gasteiger partial charge on any atom is -0.378 e. The predicted octanol–water partition coefficient (Wildman–Crippen LogP) is 2.09. The van der Waals surface area contributed by atoms with E-state index >= 15 is 0 Å². The highest BCUT2D eigenvalue weighted by atomic mass is 16.2. The number of rotatable bonds is 3. The molecule has 2 atom stereocenters. The number of nitrogens with two attached hydrogens (primary N) is 1. The van der Waals surface area contributed by atoms with Gasteiger partial charge in [0.25, 0.3) is 5.91 Å². The highest BCUT2D eigenvalue weighted by molar-refractivity contribution is 5.95. The minimum absolute atomic E-state index is 0.0658. The average molecular weight is 275 g/mol. The molecule has 0 saturated heterocycles. The van der Waals surface area contributed by atoms with Gasteiger partial charge in [-0.15, -0.1) is 0 Å². The Hall–Kier alpha value is -1.55. The monoisotopic (exact) mass is 275 g/mol. The number of amides is 1. The molecule has 0 aromatic heterocycles. The second-order valence-electron chi connectivity index (χ2n) is 5.88. The Labute approximate surface area is 121 Å². The SMILES string of the molecule is CN(C)c1cccc(C(=O)N(C)C2CCCCC2N)c1. The summed E-state index contributed by atoms with van der Waals surface area (Å²) in [5.74, 6) is 0.0658. The zero-order valence-corrected chi connectivity index (χ0v) is 12.7. The number of nitrogens with zero attached hydrogens (tertiary/aromatic N) is 2. The van der Waals surface area contributed by atoms with Gasteiger partial charge in [-0.25, -0.2) is 0 Å². The zero-order valence-electron chi connectivity index (χ0n) is 12.7. The molecule has 0 aliphatic heterocycles. The van der Waals surface area contributed by atoms with Crippen molar-refractivity contribution >= 4 is 11.6 Å². The highest BCUT2D eigenvalue weighted by Gasteiger charge is 2.28. The molecular formula is C16H25N3O. The molecule has 1 saturated carbocycles. The van der Waals surface area contributed by atoms with Crippen LogP contribution < -0.4 is 10.6 Å². The van der Waals surface area contributed by atoms with Crippen LogP contribution in [0.5, 0.6) is 0 Å². The Balaban J connectivity index is 2.15. The van der Waals surface area contributed by atoms with Crippen molar-refractivity contribution in [1.82, 2.24) is 4.90 Å². The summed E-state index contributed by atoms with van der Waals surface area (Å²) in [6, 6.07) is 8.02. The molecule has 0 spiro atoms. The first-order valence-electron chi connectivity index (χ1n) is 7.31. The quantitative estimate of drug-likeness (QED) is 0.919. The molecule has 1 aliphatic carbocycles. The van der Waals surface area contributed by atoms with Crippen molar-refractivity contribution in [1.29, 1.82) is 0 Å². The molecule has 2 N–H and O–H groups in total. The van der Waals surface area contributed by atoms with Crippen molar-refractivity contribution in [2.75, 3.05) is 26.0 Å². The van der Waals surface area contributed by atoms with Gasteiger partial charge < -0.3 is 15.5 Å². The molecule has 2 rings (SSSR count). The van der Waals surface area contributed by atoms with Crippen LogP contribution in [-0.4, -0.2) is 44.0 Å². The Morgan fingerprint density at radius 1 is 1.20 bits per heavy atom. The fourth-order valence-electron chi connectivity index (χ4n) is 2.89. The number of hydrogen-bond acceptors (Lipinski definition) is 3. The lowest BCUT2D eigenvalue weighted by molar-refractivity contribution is 0.0672. The lowest BCUT2D eigenvalue weighted by atomic mass is 9.90. The summed E-state index contributed by atoms with van der Waals surface area (Å²) in [7, 11) is 5.83. The summed E-state index contributed by atoms with van der Waals surface area (Å²) < 4.78 is 0. The summed E-state index contributed by atoms with van der Waals surface area (Å²) in [6.07, 6.45) is 4.36. The second kappa shape index (κ2) is 6.27. The number of benzene rings is 1. The second-order valence-corrected chi connectivity index (χ2v) is 5.88. The van der Waals surface area contributed by atoms with Crippen LogP contribution in [0.25, 0.3) is 0 Å². The topological polar surface area (TPSA) is 49.6 Å². The molecule has 0 heterocycles. The van der Waals surface area contributed by atoms with E-state index in [9.17, 15) is 4.79 Å². The largest absolute Gasteiger partial charge is 0.378 e. The van der Waals surface area contributed by atoms with Crippen LogP contribution in [0.4, 0.5) is 5.69 Å². The molecule has 4 nitrogen and oxygen atoms in total. The van der Waals surface area contributed by atoms with Crippen molar-refractivity contribution < 1.29 is 4.79 Å². The number of hydrogen-bond donors (Lipinski definition) is 1. The summed E-state index contributed by atoms with van der Waals surface area (Å²) in [5, 5.41) is 0. The fraction of sp³-hybridized carbons (Fsp3) is 0.562. The third-order valence-electron chi connectivity index (χ3n) is 4.21. The van der Waals surface area contributed by atoms with Crippen LogP contribution in [0, 0.1) is 0 Å². The Morgan fingerprint density at radius 3 is 2.55 bits per heavy atom. The molecule has 1 aromatic rings. The molecule has 20 heavy (non-hydrogen) atoms. The van der Waals surface area contributed by atoms with Crippen molar-refractivity contribution in [3.63, 3.8) is 0 Å². The van der Waals surface area contributed by atoms with E-state index in [1.54, 1.807) is 0 Å². The molecule has 110 valence electrons. The van der Waals surface area contributed by atoms with Crippen LogP contribution in [0.3, 0.4) is 0 Å². The number of carbonyl (C=O) groups excluding carboxylic acids is 1. The maximum Gasteiger partial charge on any atom is 0.253 e. The first kappa shape index (κ1) is 14.9. The van der Waals surface area contributed by atoms with Crippen LogP contribution >= 0.6 is 0 Å². The molecule has 1 fully saturated rings. The van der Waals surface area contributed by atoms with Gasteiger partial charge in [0.2, 0.25) is 0 Å². The van der Waals surface area contributed by atoms with Crippen LogP contribution in [-0.2, 0) is 0 Å². The number of anilines is 1. The normalized spacial score (nSPS) is 22.4. The molecule has 1 aromatic carbocycles. The van der Waals surface area contributed by atoms with Gasteiger partial charge in [0.1, 0.15) is 0 Å². The van der Waals surface area contributed by atoms with Crippen LogP contribution in [0.2, 0.25) is 0 Å². The van der Waals surface area contributed by atoms with Crippen molar-refractivity contribution in [3.8, 4) is 0 Å². The maximum atomic E-state index is 12.6. The molecule has 2 unspecified atom stereocenters. The lowest BCUT2D eigenvalue weighted by Crippen LogP contribution is -2.50. The van der Waals surface area contributed by atoms with Gasteiger partial charge in [0.15, 0.2) is 0 Å². The van der Waals surface area contributed by atoms with E-state index in [0.29, 0.717) is 0 Å². The van der Waals surface area contributed by atoms with E-state index in [0.717, 1.165) is 30.5 Å². The van der Waals surface area contributed by atoms with Crippen LogP contribution in [0.15, 0.2) is 24.3 Å². The van der Waals surface area contributed by atoms with E-state index in [1.807, 2.05) is 55.2 Å². The number of likely N-dealkylation sites (N-methyl/N-ethyl adjacent to an activating group) is 1. The van der Waals surface area contributed by atoms with Crippen molar-refractivity contribution in [2.24, 2.45) is 5.73 Å². The summed E-state index contributed by atoms with van der Waals surface area (Å²) in [6.45, 7) is 0. The first-order chi connectivity index (χ1) is 9.50. The Morgan fingerprint density at radius 2 is 1.90 bits per heavy atom. The van der Waals surface area contributed by atoms with Gasteiger partial charge in [-0.05, 0) is 31.0 Å². The summed E-state index contributed by atoms with van der Waals surface area (Å²) in [5.41, 5.74) is 7.94. The number of carbonyl (C=O) groups is 1. The zero-order chi connectivity index (χ0) is 14.7. The van der Waals surface area contributed by atoms with Gasteiger partial charge in [-0.3, -0.25) is 4.79 Å². The Bertz CT molecular complexity index is 473. The van der Waals surface area contributed by atoms with E-state index in [2.05, 4.69) is 0 Å². The molecule has 1 amide bonds. The molecule has 0 bridgehead atoms. The maximum absolute atomic E-state index is 12.6. The fourth-order valence-corrected chi connectivity index (χ4v) is 2.89. The van der Waals surface area contributed by atoms with Crippen molar-refractivity contribution in [2.45, 2.75) is 37.8 Å². The highest BCUT2D eigenvalue weighted by Crippen LogP contribution is 2.23. The summed E-state index contributed by atoms with van der Waals surface area (Å²) >= 11 is 0. The average Bonchev–Trinajstić information content (AvgIpc) is 2.46. The van der Waals surface area contributed by atoms with E-state index < -0.39 is 0 Å². The Kier molecular flexibility index (Phi) is 4.65. The van der Waals surface area contributed by atoms with E-state index in [-0.39, 0.29) is 18.0 Å². The molecule has 1 aliphatic rings. The standard InChI is InChI=1S/C16H25N3O/c1-18(2)13-8-6-7-12(11-13)16(20)19(3)15-10-5-4-9-14(15)17/h6-8,11,14-15H,4-5,9-10,17H2,1-3H3. The van der Waals surface area contributed by atoms with Gasteiger partial charge in [-0.1, -0.05) is 18.9 Å².